The van der Waals surface area contributed by atoms with Gasteiger partial charge in [0, 0.05) is 24.3 Å². The molecule has 0 radical (unpaired) electrons. The molecule has 0 spiro atoms. The molecule has 4 aromatic rings. The summed E-state index contributed by atoms with van der Waals surface area (Å²) in [4.78, 5) is 41.0. The van der Waals surface area contributed by atoms with Crippen molar-refractivity contribution in [3.63, 3.8) is 0 Å². The lowest BCUT2D eigenvalue weighted by atomic mass is 10.2. The fourth-order valence-corrected chi connectivity index (χ4v) is 4.24. The van der Waals surface area contributed by atoms with Crippen molar-refractivity contribution < 1.29 is 14.6 Å². The number of carbonyl (C=O) groups is 1. The van der Waals surface area contributed by atoms with Gasteiger partial charge < -0.3 is 15.2 Å². The number of nitrogens with one attached hydrogen (secondary N) is 1. The number of carbonyl (C=O) groups excluding carboxylic acids is 1. The summed E-state index contributed by atoms with van der Waals surface area (Å²) in [5, 5.41) is 13.1. The normalized spacial score (nSPS) is 10.9. The molecular weight excluding hydrogens is 488 g/mol. The van der Waals surface area contributed by atoms with Crippen LogP contribution >= 0.6 is 27.3 Å². The number of fused-ring (bicyclic) bond motifs is 1. The van der Waals surface area contributed by atoms with Gasteiger partial charge in [-0.15, -0.1) is 0 Å². The lowest BCUT2D eigenvalue weighted by Crippen LogP contribution is -2.40. The van der Waals surface area contributed by atoms with Gasteiger partial charge in [0.1, 0.15) is 5.75 Å². The number of anilines is 1. The van der Waals surface area contributed by atoms with Crippen molar-refractivity contribution >= 4 is 49.1 Å². The Hall–Kier alpha value is -3.44. The summed E-state index contributed by atoms with van der Waals surface area (Å²) >= 11 is 4.82. The molecule has 4 rings (SSSR count). The van der Waals surface area contributed by atoms with Crippen LogP contribution in [0.3, 0.4) is 0 Å². The van der Waals surface area contributed by atoms with Crippen LogP contribution < -0.4 is 21.3 Å². The molecule has 0 aliphatic heterocycles. The van der Waals surface area contributed by atoms with Gasteiger partial charge in [0.25, 0.3) is 16.7 Å². The summed E-state index contributed by atoms with van der Waals surface area (Å²) in [7, 11) is 2.49. The number of thiazole rings is 1. The largest absolute Gasteiger partial charge is 0.494 e. The molecule has 0 atom stereocenters. The van der Waals surface area contributed by atoms with Crippen LogP contribution in [0.2, 0.25) is 0 Å². The minimum Gasteiger partial charge on any atom is -0.494 e. The van der Waals surface area contributed by atoms with Gasteiger partial charge in [-0.25, -0.2) is 9.78 Å². The van der Waals surface area contributed by atoms with Gasteiger partial charge in [0.05, 0.1) is 10.2 Å². The Morgan fingerprint density at radius 3 is 2.55 bits per heavy atom. The average Bonchev–Trinajstić information content (AvgIpc) is 3.13. The number of halogens is 1. The third-order valence-corrected chi connectivity index (χ3v) is 5.90. The molecule has 0 saturated carbocycles. The number of aromatic nitrogens is 3. The summed E-state index contributed by atoms with van der Waals surface area (Å²) in [6, 6.07) is 12.2. The molecule has 0 aliphatic rings. The van der Waals surface area contributed by atoms with Crippen molar-refractivity contribution in [2.75, 3.05) is 5.32 Å². The van der Waals surface area contributed by atoms with Gasteiger partial charge in [-0.3, -0.25) is 18.7 Å². The van der Waals surface area contributed by atoms with E-state index in [1.165, 1.54) is 25.4 Å². The van der Waals surface area contributed by atoms with E-state index in [2.05, 4.69) is 26.2 Å². The lowest BCUT2D eigenvalue weighted by Gasteiger charge is -2.11. The second-order valence-electron chi connectivity index (χ2n) is 6.58. The fourth-order valence-electron chi connectivity index (χ4n) is 2.85. The van der Waals surface area contributed by atoms with Gasteiger partial charge in [-0.2, -0.15) is 0 Å². The Balaban J connectivity index is 1.53. The van der Waals surface area contributed by atoms with Gasteiger partial charge >= 0.3 is 5.69 Å². The minimum atomic E-state index is -0.888. The van der Waals surface area contributed by atoms with Gasteiger partial charge in [-0.1, -0.05) is 27.3 Å². The zero-order valence-corrected chi connectivity index (χ0v) is 18.7. The van der Waals surface area contributed by atoms with Crippen molar-refractivity contribution in [1.82, 2.24) is 14.1 Å². The summed E-state index contributed by atoms with van der Waals surface area (Å²) in [5.41, 5.74) is -0.944. The van der Waals surface area contributed by atoms with Crippen LogP contribution in [0, 0.1) is 0 Å². The fraction of sp³-hybridized carbons (Fsp3) is 0.100. The number of hydrogen-bond donors (Lipinski definition) is 2. The van der Waals surface area contributed by atoms with Crippen LogP contribution in [-0.4, -0.2) is 25.1 Å². The lowest BCUT2D eigenvalue weighted by molar-refractivity contribution is 0.102. The number of hydrogen-bond acceptors (Lipinski definition) is 7. The molecule has 11 heteroatoms. The number of benzene rings is 2. The molecule has 2 heterocycles. The molecule has 9 nitrogen and oxygen atoms in total. The summed E-state index contributed by atoms with van der Waals surface area (Å²) < 4.78 is 9.29. The molecule has 1 amide bonds. The monoisotopic (exact) mass is 502 g/mol. The molecule has 0 unspecified atom stereocenters. The van der Waals surface area contributed by atoms with E-state index < -0.39 is 28.6 Å². The maximum absolute atomic E-state index is 12.5. The highest BCUT2D eigenvalue weighted by Crippen LogP contribution is 2.33. The number of amides is 1. The standard InChI is InChI=1S/C20H15BrN4O5S/c1-24-17(27)15(18(28)25(2)20(24)29)16(26)22-11-4-6-12(7-5-11)30-19-23-13-8-3-10(21)9-14(13)31-19/h3-9,27H,1-2H3,(H,22,26). The Morgan fingerprint density at radius 2 is 1.84 bits per heavy atom. The van der Waals surface area contributed by atoms with E-state index in [1.54, 1.807) is 24.3 Å². The first-order valence-corrected chi connectivity index (χ1v) is 10.5. The Morgan fingerprint density at radius 1 is 1.13 bits per heavy atom. The van der Waals surface area contributed by atoms with E-state index in [9.17, 15) is 19.5 Å². The van der Waals surface area contributed by atoms with Crippen molar-refractivity contribution in [2.24, 2.45) is 14.1 Å². The minimum absolute atomic E-state index is 0.376. The SMILES string of the molecule is Cn1c(O)c(C(=O)Nc2ccc(Oc3nc4ccc(Br)cc4s3)cc2)c(=O)n(C)c1=O. The Labute approximate surface area is 187 Å². The Kier molecular flexibility index (Phi) is 5.38. The van der Waals surface area contributed by atoms with E-state index in [1.807, 2.05) is 18.2 Å². The summed E-state index contributed by atoms with van der Waals surface area (Å²) in [5.74, 6) is -1.02. The van der Waals surface area contributed by atoms with Crippen molar-refractivity contribution in [3.05, 3.63) is 73.3 Å². The number of aromatic hydroxyl groups is 1. The third kappa shape index (κ3) is 3.97. The van der Waals surface area contributed by atoms with Crippen molar-refractivity contribution in [2.45, 2.75) is 0 Å². The highest BCUT2D eigenvalue weighted by atomic mass is 79.9. The zero-order chi connectivity index (χ0) is 22.3. The highest BCUT2D eigenvalue weighted by molar-refractivity contribution is 9.10. The molecule has 0 fully saturated rings. The van der Waals surface area contributed by atoms with Gasteiger partial charge in [0.15, 0.2) is 5.56 Å². The quantitative estimate of drug-likeness (QED) is 0.442. The van der Waals surface area contributed by atoms with E-state index in [0.29, 0.717) is 16.6 Å². The van der Waals surface area contributed by atoms with Crippen molar-refractivity contribution in [1.29, 1.82) is 0 Å². The van der Waals surface area contributed by atoms with E-state index in [4.69, 9.17) is 4.74 Å². The van der Waals surface area contributed by atoms with E-state index in [-0.39, 0.29) is 0 Å². The molecule has 2 N–H and O–H groups in total. The zero-order valence-electron chi connectivity index (χ0n) is 16.2. The second kappa shape index (κ2) is 8.00. The number of rotatable bonds is 4. The van der Waals surface area contributed by atoms with Crippen LogP contribution in [0.15, 0.2) is 56.5 Å². The first-order chi connectivity index (χ1) is 14.7. The average molecular weight is 503 g/mol. The maximum atomic E-state index is 12.5. The molecule has 31 heavy (non-hydrogen) atoms. The first kappa shape index (κ1) is 20.8. The molecule has 0 bridgehead atoms. The van der Waals surface area contributed by atoms with Crippen LogP contribution in [0.1, 0.15) is 10.4 Å². The second-order valence-corrected chi connectivity index (χ2v) is 8.49. The maximum Gasteiger partial charge on any atom is 0.333 e. The predicted octanol–water partition coefficient (Wildman–Crippen LogP) is 3.21. The van der Waals surface area contributed by atoms with Crippen LogP contribution in [0.5, 0.6) is 16.8 Å². The topological polar surface area (TPSA) is 115 Å². The molecule has 158 valence electrons. The molecule has 0 aliphatic carbocycles. The van der Waals surface area contributed by atoms with Gasteiger partial charge in [0.2, 0.25) is 5.88 Å². The molecular formula is C20H15BrN4O5S. The van der Waals surface area contributed by atoms with Crippen molar-refractivity contribution in [3.8, 4) is 16.8 Å². The van der Waals surface area contributed by atoms with Gasteiger partial charge in [-0.05, 0) is 42.5 Å². The molecule has 2 aromatic carbocycles. The third-order valence-electron chi connectivity index (χ3n) is 4.51. The Bertz CT molecular complexity index is 1440. The van der Waals surface area contributed by atoms with Crippen LogP contribution in [-0.2, 0) is 14.1 Å². The molecule has 2 aromatic heterocycles. The predicted molar refractivity (Wildman–Crippen MR) is 120 cm³/mol. The van der Waals surface area contributed by atoms with Crippen LogP contribution in [0.4, 0.5) is 5.69 Å². The van der Waals surface area contributed by atoms with E-state index >= 15 is 0 Å². The molecule has 0 saturated heterocycles. The smallest absolute Gasteiger partial charge is 0.333 e. The number of nitrogens with zero attached hydrogens (tertiary/aromatic N) is 3. The summed E-state index contributed by atoms with van der Waals surface area (Å²) in [6.45, 7) is 0. The van der Waals surface area contributed by atoms with Crippen LogP contribution in [0.25, 0.3) is 10.2 Å². The van der Waals surface area contributed by atoms with E-state index in [0.717, 1.165) is 23.8 Å². The summed E-state index contributed by atoms with van der Waals surface area (Å²) in [6.07, 6.45) is 0. The first-order valence-electron chi connectivity index (χ1n) is 8.89. The highest BCUT2D eigenvalue weighted by Gasteiger charge is 2.21. The number of ether oxygens (including phenoxy) is 1.